The summed E-state index contributed by atoms with van der Waals surface area (Å²) in [5.41, 5.74) is -7.05. The third kappa shape index (κ3) is 4.03. The smallest absolute Gasteiger partial charge is 0.437 e. The number of nitrogens with zero attached hydrogens (tertiary/aromatic N) is 4. The van der Waals surface area contributed by atoms with E-state index in [1.807, 2.05) is 0 Å². The van der Waals surface area contributed by atoms with E-state index in [0.29, 0.717) is 4.57 Å². The Kier molecular flexibility index (Phi) is 6.17. The molecule has 0 bridgehead atoms. The summed E-state index contributed by atoms with van der Waals surface area (Å²) < 4.78 is 99.3. The quantitative estimate of drug-likeness (QED) is 0.254. The lowest BCUT2D eigenvalue weighted by Crippen LogP contribution is -2.51. The molecule has 33 heavy (non-hydrogen) atoms. The van der Waals surface area contributed by atoms with Crippen molar-refractivity contribution in [2.24, 2.45) is 7.05 Å². The number of methoxy groups -OCH3 is 1. The van der Waals surface area contributed by atoms with Gasteiger partial charge in [-0.25, -0.2) is 18.9 Å². The number of alkyl halides is 7. The second-order valence-electron chi connectivity index (χ2n) is 6.64. The first-order chi connectivity index (χ1) is 15.1. The number of rotatable bonds is 4. The molecule has 0 unspecified atom stereocenters. The molecule has 178 valence electrons. The summed E-state index contributed by atoms with van der Waals surface area (Å²) in [5.74, 6) is -1.26. The van der Waals surface area contributed by atoms with Gasteiger partial charge in [-0.05, 0) is 12.1 Å². The van der Waals surface area contributed by atoms with Crippen LogP contribution < -0.4 is 0 Å². The van der Waals surface area contributed by atoms with Crippen molar-refractivity contribution in [2.75, 3.05) is 7.11 Å². The van der Waals surface area contributed by atoms with Crippen LogP contribution in [0.2, 0.25) is 10.2 Å². The number of halogens is 9. The Balaban J connectivity index is 2.12. The number of pyridine rings is 1. The number of hydrogen-bond acceptors (Lipinski definition) is 4. The third-order valence-corrected chi connectivity index (χ3v) is 5.25. The second kappa shape index (κ2) is 8.20. The van der Waals surface area contributed by atoms with Crippen LogP contribution in [0.3, 0.4) is 0 Å². The first-order valence-corrected chi connectivity index (χ1v) is 9.36. The molecule has 3 rings (SSSR count). The van der Waals surface area contributed by atoms with Gasteiger partial charge in [-0.3, -0.25) is 0 Å². The van der Waals surface area contributed by atoms with Crippen molar-refractivity contribution in [2.45, 2.75) is 18.0 Å². The Morgan fingerprint density at radius 2 is 1.61 bits per heavy atom. The normalized spacial score (nSPS) is 12.8. The standard InChI is InChI=1S/C18H11Cl2F7N4O2/c1-30-12(16(21,17(22,23)24)18(25,26)27)4-11(19)14(30)31-7-9(6-29-31)8-3-10(15(32)33-2)13(20)28-5-8/h3-7H,1-2H3. The molecule has 0 aliphatic carbocycles. The first kappa shape index (κ1) is 24.8. The number of ether oxygens (including phenoxy) is 1. The van der Waals surface area contributed by atoms with Crippen molar-refractivity contribution < 1.29 is 40.3 Å². The summed E-state index contributed by atoms with van der Waals surface area (Å²) in [6.07, 6.45) is -9.03. The van der Waals surface area contributed by atoms with Crippen LogP contribution in [0.4, 0.5) is 30.7 Å². The minimum absolute atomic E-state index is 0.0961. The number of hydrogen-bond donors (Lipinski definition) is 0. The molecule has 3 aromatic rings. The van der Waals surface area contributed by atoms with Crippen molar-refractivity contribution in [3.63, 3.8) is 0 Å². The fourth-order valence-corrected chi connectivity index (χ4v) is 3.54. The van der Waals surface area contributed by atoms with Crippen molar-refractivity contribution in [3.05, 3.63) is 52.2 Å². The monoisotopic (exact) mass is 518 g/mol. The average molecular weight is 519 g/mol. The van der Waals surface area contributed by atoms with Crippen LogP contribution in [0, 0.1) is 0 Å². The molecule has 3 aromatic heterocycles. The van der Waals surface area contributed by atoms with E-state index in [0.717, 1.165) is 18.8 Å². The van der Waals surface area contributed by atoms with E-state index in [1.54, 1.807) is 0 Å². The maximum Gasteiger partial charge on any atom is 0.437 e. The van der Waals surface area contributed by atoms with Gasteiger partial charge in [0.15, 0.2) is 5.82 Å². The van der Waals surface area contributed by atoms with Gasteiger partial charge in [-0.1, -0.05) is 23.2 Å². The van der Waals surface area contributed by atoms with E-state index in [4.69, 9.17) is 23.2 Å². The van der Waals surface area contributed by atoms with Crippen molar-refractivity contribution >= 4 is 29.2 Å². The van der Waals surface area contributed by atoms with Crippen LogP contribution in [0.25, 0.3) is 16.9 Å². The highest BCUT2D eigenvalue weighted by Gasteiger charge is 2.75. The highest BCUT2D eigenvalue weighted by molar-refractivity contribution is 6.32. The molecule has 0 saturated carbocycles. The van der Waals surface area contributed by atoms with Gasteiger partial charge >= 0.3 is 24.0 Å². The van der Waals surface area contributed by atoms with Crippen LogP contribution in [0.1, 0.15) is 16.1 Å². The first-order valence-electron chi connectivity index (χ1n) is 8.60. The zero-order valence-electron chi connectivity index (χ0n) is 16.4. The van der Waals surface area contributed by atoms with E-state index >= 15 is 0 Å². The maximum atomic E-state index is 14.5. The molecule has 0 aliphatic rings. The molecule has 0 aliphatic heterocycles. The van der Waals surface area contributed by atoms with Gasteiger partial charge in [-0.15, -0.1) is 0 Å². The van der Waals surface area contributed by atoms with Crippen LogP contribution in [0.5, 0.6) is 0 Å². The fourth-order valence-electron chi connectivity index (χ4n) is 3.05. The summed E-state index contributed by atoms with van der Waals surface area (Å²) in [5, 5.41) is 3.09. The highest BCUT2D eigenvalue weighted by Crippen LogP contribution is 2.54. The molecule has 0 saturated heterocycles. The average Bonchev–Trinajstić information content (AvgIpc) is 3.29. The zero-order chi connectivity index (χ0) is 24.9. The summed E-state index contributed by atoms with van der Waals surface area (Å²) in [7, 11) is 1.90. The van der Waals surface area contributed by atoms with E-state index in [9.17, 15) is 35.5 Å². The zero-order valence-corrected chi connectivity index (χ0v) is 17.9. The molecular weight excluding hydrogens is 508 g/mol. The summed E-state index contributed by atoms with van der Waals surface area (Å²) in [4.78, 5) is 15.6. The van der Waals surface area contributed by atoms with Crippen molar-refractivity contribution in [3.8, 4) is 16.9 Å². The van der Waals surface area contributed by atoms with Crippen molar-refractivity contribution in [1.29, 1.82) is 0 Å². The van der Waals surface area contributed by atoms with Crippen molar-refractivity contribution in [1.82, 2.24) is 19.3 Å². The molecule has 0 atom stereocenters. The van der Waals surface area contributed by atoms with Gasteiger partial charge in [-0.2, -0.15) is 31.4 Å². The van der Waals surface area contributed by atoms with Crippen LogP contribution in [-0.4, -0.2) is 44.8 Å². The lowest BCUT2D eigenvalue weighted by Gasteiger charge is -2.30. The number of carbonyl (C=O) groups excluding carboxylic acids is 1. The van der Waals surface area contributed by atoms with E-state index in [-0.39, 0.29) is 27.9 Å². The topological polar surface area (TPSA) is 61.9 Å². The molecule has 3 heterocycles. The largest absolute Gasteiger partial charge is 0.465 e. The molecule has 0 N–H and O–H groups in total. The lowest BCUT2D eigenvalue weighted by molar-refractivity contribution is -0.350. The molecule has 0 aromatic carbocycles. The minimum atomic E-state index is -6.31. The summed E-state index contributed by atoms with van der Waals surface area (Å²) in [6, 6.07) is 1.53. The third-order valence-electron chi connectivity index (χ3n) is 4.67. The molecule has 6 nitrogen and oxygen atoms in total. The van der Waals surface area contributed by atoms with Crippen LogP contribution in [0.15, 0.2) is 30.7 Å². The highest BCUT2D eigenvalue weighted by atomic mass is 35.5. The minimum Gasteiger partial charge on any atom is -0.465 e. The molecule has 15 heteroatoms. The number of esters is 1. The molecule has 0 spiro atoms. The van der Waals surface area contributed by atoms with Crippen LogP contribution >= 0.6 is 23.2 Å². The lowest BCUT2D eigenvalue weighted by atomic mass is 10.0. The summed E-state index contributed by atoms with van der Waals surface area (Å²) in [6.45, 7) is 0. The van der Waals surface area contributed by atoms with E-state index in [2.05, 4.69) is 14.8 Å². The van der Waals surface area contributed by atoms with E-state index in [1.165, 1.54) is 24.7 Å². The Hall–Kier alpha value is -2.80. The Morgan fingerprint density at radius 1 is 1.00 bits per heavy atom. The predicted molar refractivity (Wildman–Crippen MR) is 102 cm³/mol. The Morgan fingerprint density at radius 3 is 2.15 bits per heavy atom. The van der Waals surface area contributed by atoms with Gasteiger partial charge in [0.25, 0.3) is 0 Å². The maximum absolute atomic E-state index is 14.5. The molecule has 0 fully saturated rings. The van der Waals surface area contributed by atoms with Gasteiger partial charge in [0.1, 0.15) is 5.15 Å². The van der Waals surface area contributed by atoms with Gasteiger partial charge in [0.2, 0.25) is 0 Å². The summed E-state index contributed by atoms with van der Waals surface area (Å²) >= 11 is 11.7. The molecular formula is C18H11Cl2F7N4O2. The SMILES string of the molecule is COC(=O)c1cc(-c2cnn(-c3c(Cl)cc(C(F)(C(F)(F)F)C(F)(F)F)n3C)c2)cnc1Cl. The fraction of sp³-hybridized carbons (Fsp3) is 0.278. The second-order valence-corrected chi connectivity index (χ2v) is 7.41. The van der Waals surface area contributed by atoms with Crippen LogP contribution in [-0.2, 0) is 17.5 Å². The van der Waals surface area contributed by atoms with E-state index < -0.39 is 40.5 Å². The van der Waals surface area contributed by atoms with Gasteiger partial charge in [0.05, 0.1) is 29.6 Å². The predicted octanol–water partition coefficient (Wildman–Crippen LogP) is 5.66. The Labute approximate surface area is 190 Å². The van der Waals surface area contributed by atoms with Gasteiger partial charge < -0.3 is 9.30 Å². The molecule has 0 radical (unpaired) electrons. The molecule has 0 amide bonds. The number of carbonyl (C=O) groups is 1. The number of aromatic nitrogens is 4. The Bertz CT molecular complexity index is 1200. The van der Waals surface area contributed by atoms with Gasteiger partial charge in [0, 0.05) is 30.6 Å².